The molecule has 0 bridgehead atoms. The molecule has 1 fully saturated rings. The van der Waals surface area contributed by atoms with Crippen LogP contribution in [0.25, 0.3) is 5.65 Å². The number of rotatable bonds is 4. The Hall–Kier alpha value is -2.93. The molecule has 0 unspecified atom stereocenters. The van der Waals surface area contributed by atoms with Gasteiger partial charge in [-0.25, -0.2) is 4.98 Å². The minimum absolute atomic E-state index is 0.161. The molecule has 3 aromatic heterocycles. The van der Waals surface area contributed by atoms with Crippen LogP contribution >= 0.6 is 0 Å². The molecule has 7 heteroatoms. The Morgan fingerprint density at radius 3 is 2.85 bits per heavy atom. The van der Waals surface area contributed by atoms with Crippen LogP contribution in [0.15, 0.2) is 48.9 Å². The maximum absolute atomic E-state index is 12.5. The van der Waals surface area contributed by atoms with Gasteiger partial charge in [0.25, 0.3) is 5.91 Å². The summed E-state index contributed by atoms with van der Waals surface area (Å²) >= 11 is 0. The maximum atomic E-state index is 12.5. The third-order valence-corrected chi connectivity index (χ3v) is 4.60. The summed E-state index contributed by atoms with van der Waals surface area (Å²) < 4.78 is 7.71. The van der Waals surface area contributed by atoms with E-state index in [0.29, 0.717) is 12.2 Å². The standard InChI is InChI=1S/C20H23N5O2/c1-14-11-25(12-15(2)27-14)17-6-7-21-18(9-17)20(26)22-10-16-13-24-8-4-3-5-19(24)23-16/h3-9,13-15H,10-12H2,1-2H3,(H,22,26)/t14-,15+. The number of ether oxygens (including phenoxy) is 1. The highest BCUT2D eigenvalue weighted by atomic mass is 16.5. The Bertz CT molecular complexity index is 911. The van der Waals surface area contributed by atoms with Crippen molar-refractivity contribution >= 4 is 17.2 Å². The van der Waals surface area contributed by atoms with Gasteiger partial charge in [-0.1, -0.05) is 6.07 Å². The summed E-state index contributed by atoms with van der Waals surface area (Å²) in [5, 5.41) is 2.90. The number of hydrogen-bond donors (Lipinski definition) is 1. The summed E-state index contributed by atoms with van der Waals surface area (Å²) in [7, 11) is 0. The average molecular weight is 365 g/mol. The summed E-state index contributed by atoms with van der Waals surface area (Å²) in [6, 6.07) is 9.58. The predicted molar refractivity (Wildman–Crippen MR) is 103 cm³/mol. The third-order valence-electron chi connectivity index (χ3n) is 4.60. The van der Waals surface area contributed by atoms with Crippen LogP contribution in [0.1, 0.15) is 30.0 Å². The van der Waals surface area contributed by atoms with Gasteiger partial charge in [-0.15, -0.1) is 0 Å². The second kappa shape index (κ2) is 7.36. The molecule has 0 saturated carbocycles. The highest BCUT2D eigenvalue weighted by molar-refractivity contribution is 5.93. The number of morpholine rings is 1. The van der Waals surface area contributed by atoms with Crippen LogP contribution in [-0.2, 0) is 11.3 Å². The van der Waals surface area contributed by atoms with Crippen molar-refractivity contribution in [1.82, 2.24) is 19.7 Å². The molecule has 1 aliphatic rings. The van der Waals surface area contributed by atoms with E-state index in [4.69, 9.17) is 4.74 Å². The average Bonchev–Trinajstić information content (AvgIpc) is 3.08. The van der Waals surface area contributed by atoms with Crippen LogP contribution in [0.2, 0.25) is 0 Å². The summed E-state index contributed by atoms with van der Waals surface area (Å²) in [5.74, 6) is -0.205. The first-order valence-electron chi connectivity index (χ1n) is 9.16. The topological polar surface area (TPSA) is 71.8 Å². The lowest BCUT2D eigenvalue weighted by atomic mass is 10.2. The zero-order valence-corrected chi connectivity index (χ0v) is 15.5. The minimum Gasteiger partial charge on any atom is -0.372 e. The van der Waals surface area contributed by atoms with Gasteiger partial charge in [-0.2, -0.15) is 0 Å². The Kier molecular flexibility index (Phi) is 4.77. The van der Waals surface area contributed by atoms with Crippen LogP contribution in [0.4, 0.5) is 5.69 Å². The normalized spacial score (nSPS) is 20.0. The quantitative estimate of drug-likeness (QED) is 0.768. The van der Waals surface area contributed by atoms with E-state index in [1.807, 2.05) is 47.1 Å². The number of amides is 1. The van der Waals surface area contributed by atoms with Crippen LogP contribution in [-0.4, -0.2) is 45.6 Å². The fraction of sp³-hybridized carbons (Fsp3) is 0.350. The van der Waals surface area contributed by atoms with Crippen LogP contribution < -0.4 is 10.2 Å². The van der Waals surface area contributed by atoms with Crippen molar-refractivity contribution in [1.29, 1.82) is 0 Å². The summed E-state index contributed by atoms with van der Waals surface area (Å²) in [6.07, 6.45) is 5.85. The molecule has 1 N–H and O–H groups in total. The van der Waals surface area contributed by atoms with E-state index >= 15 is 0 Å². The molecular formula is C20H23N5O2. The fourth-order valence-corrected chi connectivity index (χ4v) is 3.46. The first kappa shape index (κ1) is 17.5. The van der Waals surface area contributed by atoms with E-state index in [-0.39, 0.29) is 18.1 Å². The number of carbonyl (C=O) groups is 1. The van der Waals surface area contributed by atoms with Crippen molar-refractivity contribution in [3.8, 4) is 0 Å². The lowest BCUT2D eigenvalue weighted by molar-refractivity contribution is -0.00522. The van der Waals surface area contributed by atoms with Gasteiger partial charge in [0.15, 0.2) is 0 Å². The van der Waals surface area contributed by atoms with Crippen molar-refractivity contribution in [3.63, 3.8) is 0 Å². The van der Waals surface area contributed by atoms with E-state index in [9.17, 15) is 4.79 Å². The number of fused-ring (bicyclic) bond motifs is 1. The maximum Gasteiger partial charge on any atom is 0.270 e. The Morgan fingerprint density at radius 2 is 2.07 bits per heavy atom. The third kappa shape index (κ3) is 3.93. The molecule has 0 radical (unpaired) electrons. The lowest BCUT2D eigenvalue weighted by Gasteiger charge is -2.36. The summed E-state index contributed by atoms with van der Waals surface area (Å²) in [5.41, 5.74) is 3.06. The van der Waals surface area contributed by atoms with Gasteiger partial charge in [-0.05, 0) is 38.1 Å². The van der Waals surface area contributed by atoms with Crippen molar-refractivity contribution in [3.05, 3.63) is 60.3 Å². The molecule has 27 heavy (non-hydrogen) atoms. The SMILES string of the molecule is C[C@@H]1CN(c2ccnc(C(=O)NCc3cn4ccccc4n3)c2)C[C@H](C)O1. The van der Waals surface area contributed by atoms with E-state index in [1.54, 1.807) is 6.20 Å². The van der Waals surface area contributed by atoms with E-state index < -0.39 is 0 Å². The molecule has 0 aliphatic carbocycles. The smallest absolute Gasteiger partial charge is 0.270 e. The molecular weight excluding hydrogens is 342 g/mol. The molecule has 2 atom stereocenters. The molecule has 0 aromatic carbocycles. The van der Waals surface area contributed by atoms with E-state index in [0.717, 1.165) is 30.1 Å². The molecule has 3 aromatic rings. The van der Waals surface area contributed by atoms with Gasteiger partial charge in [0.05, 0.1) is 24.4 Å². The van der Waals surface area contributed by atoms with Crippen molar-refractivity contribution in [2.24, 2.45) is 0 Å². The van der Waals surface area contributed by atoms with Crippen LogP contribution in [0, 0.1) is 0 Å². The fourth-order valence-electron chi connectivity index (χ4n) is 3.46. The van der Waals surface area contributed by atoms with Crippen LogP contribution in [0.3, 0.4) is 0 Å². The zero-order chi connectivity index (χ0) is 18.8. The second-order valence-electron chi connectivity index (χ2n) is 6.94. The number of imidazole rings is 1. The minimum atomic E-state index is -0.205. The largest absolute Gasteiger partial charge is 0.372 e. The molecule has 7 nitrogen and oxygen atoms in total. The monoisotopic (exact) mass is 365 g/mol. The van der Waals surface area contributed by atoms with Gasteiger partial charge >= 0.3 is 0 Å². The molecule has 1 amide bonds. The second-order valence-corrected chi connectivity index (χ2v) is 6.94. The molecule has 0 spiro atoms. The van der Waals surface area contributed by atoms with Crippen LogP contribution in [0.5, 0.6) is 0 Å². The first-order chi connectivity index (χ1) is 13.1. The van der Waals surface area contributed by atoms with Crippen molar-refractivity contribution in [2.75, 3.05) is 18.0 Å². The number of nitrogens with one attached hydrogen (secondary N) is 1. The number of carbonyl (C=O) groups excluding carboxylic acids is 1. The number of pyridine rings is 2. The molecule has 1 saturated heterocycles. The lowest BCUT2D eigenvalue weighted by Crippen LogP contribution is -2.45. The Morgan fingerprint density at radius 1 is 1.26 bits per heavy atom. The highest BCUT2D eigenvalue weighted by Gasteiger charge is 2.23. The summed E-state index contributed by atoms with van der Waals surface area (Å²) in [6.45, 7) is 6.09. The van der Waals surface area contributed by atoms with Gasteiger partial charge < -0.3 is 19.4 Å². The van der Waals surface area contributed by atoms with Gasteiger partial charge in [0.2, 0.25) is 0 Å². The molecule has 140 valence electrons. The number of nitrogens with zero attached hydrogens (tertiary/aromatic N) is 4. The van der Waals surface area contributed by atoms with Crippen molar-refractivity contribution in [2.45, 2.75) is 32.6 Å². The molecule has 4 heterocycles. The Balaban J connectivity index is 1.44. The van der Waals surface area contributed by atoms with Gasteiger partial charge in [-0.3, -0.25) is 9.78 Å². The number of aromatic nitrogens is 3. The van der Waals surface area contributed by atoms with Gasteiger partial charge in [0, 0.05) is 37.4 Å². The zero-order valence-electron chi connectivity index (χ0n) is 15.5. The molecule has 1 aliphatic heterocycles. The summed E-state index contributed by atoms with van der Waals surface area (Å²) in [4.78, 5) is 23.5. The van der Waals surface area contributed by atoms with Crippen molar-refractivity contribution < 1.29 is 9.53 Å². The van der Waals surface area contributed by atoms with Gasteiger partial charge in [0.1, 0.15) is 11.3 Å². The first-order valence-corrected chi connectivity index (χ1v) is 9.16. The molecule has 4 rings (SSSR count). The number of anilines is 1. The number of hydrogen-bond acceptors (Lipinski definition) is 5. The van der Waals surface area contributed by atoms with E-state index in [2.05, 4.69) is 34.0 Å². The Labute approximate surface area is 158 Å². The predicted octanol–water partition coefficient (Wildman–Crippen LogP) is 2.27. The van der Waals surface area contributed by atoms with E-state index in [1.165, 1.54) is 0 Å². The highest BCUT2D eigenvalue weighted by Crippen LogP contribution is 2.20.